The molecule has 0 amide bonds. The molecule has 0 atom stereocenters. The first-order valence-electron chi connectivity index (χ1n) is 4.11. The third kappa shape index (κ3) is 2.78. The summed E-state index contributed by atoms with van der Waals surface area (Å²) in [6.07, 6.45) is 0. The maximum absolute atomic E-state index is 8.61. The molecule has 0 saturated heterocycles. The molecule has 1 N–H and O–H groups in total. The average Bonchev–Trinajstić information content (AvgIpc) is 2.20. The number of nitrogens with one attached hydrogen (secondary N) is 1. The van der Waals surface area contributed by atoms with Gasteiger partial charge < -0.3 is 5.32 Å². The zero-order valence-corrected chi connectivity index (χ0v) is 8.52. The van der Waals surface area contributed by atoms with Crippen LogP contribution in [-0.2, 0) is 0 Å². The summed E-state index contributed by atoms with van der Waals surface area (Å²) in [6.45, 7) is 0.621. The Balaban J connectivity index is 2.92. The van der Waals surface area contributed by atoms with Crippen LogP contribution in [0.15, 0.2) is 18.2 Å². The van der Waals surface area contributed by atoms with Gasteiger partial charge in [-0.25, -0.2) is 0 Å². The van der Waals surface area contributed by atoms with E-state index in [1.807, 2.05) is 13.1 Å². The third-order valence-electron chi connectivity index (χ3n) is 1.59. The third-order valence-corrected chi connectivity index (χ3v) is 1.90. The van der Waals surface area contributed by atoms with E-state index < -0.39 is 0 Å². The number of hydrogen-bond donors (Lipinski definition) is 1. The molecule has 0 unspecified atom stereocenters. The van der Waals surface area contributed by atoms with Crippen molar-refractivity contribution in [1.29, 1.82) is 5.26 Å². The SMILES string of the molecule is CNCC#Cc1ccc(C#N)cc1Cl. The highest BCUT2D eigenvalue weighted by Gasteiger charge is 1.97. The lowest BCUT2D eigenvalue weighted by atomic mass is 10.1. The first-order chi connectivity index (χ1) is 6.77. The van der Waals surface area contributed by atoms with Crippen molar-refractivity contribution in [3.8, 4) is 17.9 Å². The van der Waals surface area contributed by atoms with Gasteiger partial charge in [-0.1, -0.05) is 23.4 Å². The van der Waals surface area contributed by atoms with Crippen molar-refractivity contribution in [2.45, 2.75) is 0 Å². The summed E-state index contributed by atoms with van der Waals surface area (Å²) < 4.78 is 0. The fourth-order valence-corrected chi connectivity index (χ4v) is 1.14. The summed E-state index contributed by atoms with van der Waals surface area (Å²) in [5.41, 5.74) is 1.30. The molecule has 70 valence electrons. The van der Waals surface area contributed by atoms with Crippen LogP contribution in [0, 0.1) is 23.2 Å². The number of halogens is 1. The second-order valence-electron chi connectivity index (χ2n) is 2.64. The molecule has 0 bridgehead atoms. The van der Waals surface area contributed by atoms with Gasteiger partial charge in [-0.15, -0.1) is 0 Å². The monoisotopic (exact) mass is 204 g/mol. The maximum atomic E-state index is 8.61. The Labute approximate surface area is 88.5 Å². The minimum absolute atomic E-state index is 0.521. The lowest BCUT2D eigenvalue weighted by Crippen LogP contribution is -2.04. The van der Waals surface area contributed by atoms with E-state index in [0.29, 0.717) is 17.1 Å². The Kier molecular flexibility index (Phi) is 4.01. The molecule has 0 aliphatic carbocycles. The first-order valence-corrected chi connectivity index (χ1v) is 4.49. The molecule has 1 rings (SSSR count). The standard InChI is InChI=1S/C11H9ClN2/c1-14-6-2-3-10-5-4-9(8-13)7-11(10)12/h4-5,7,14H,6H2,1H3. The molecule has 0 aliphatic rings. The summed E-state index contributed by atoms with van der Waals surface area (Å²) in [4.78, 5) is 0. The van der Waals surface area contributed by atoms with Gasteiger partial charge in [-0.3, -0.25) is 0 Å². The molecule has 0 heterocycles. The molecule has 1 aromatic rings. The van der Waals surface area contributed by atoms with Crippen molar-refractivity contribution in [1.82, 2.24) is 5.32 Å². The molecule has 14 heavy (non-hydrogen) atoms. The van der Waals surface area contributed by atoms with Crippen LogP contribution in [0.4, 0.5) is 0 Å². The van der Waals surface area contributed by atoms with Crippen molar-refractivity contribution >= 4 is 11.6 Å². The molecule has 0 saturated carbocycles. The van der Waals surface area contributed by atoms with E-state index in [0.717, 1.165) is 5.56 Å². The Morgan fingerprint density at radius 3 is 2.86 bits per heavy atom. The number of rotatable bonds is 1. The second-order valence-corrected chi connectivity index (χ2v) is 3.05. The van der Waals surface area contributed by atoms with Crippen LogP contribution in [0.5, 0.6) is 0 Å². The number of benzene rings is 1. The van der Waals surface area contributed by atoms with Crippen LogP contribution >= 0.6 is 11.6 Å². The van der Waals surface area contributed by atoms with Gasteiger partial charge in [-0.05, 0) is 25.2 Å². The number of nitriles is 1. The van der Waals surface area contributed by atoms with E-state index in [-0.39, 0.29) is 0 Å². The van der Waals surface area contributed by atoms with Crippen molar-refractivity contribution in [2.75, 3.05) is 13.6 Å². The zero-order chi connectivity index (χ0) is 10.4. The smallest absolute Gasteiger partial charge is 0.0992 e. The predicted molar refractivity (Wildman–Crippen MR) is 57.0 cm³/mol. The van der Waals surface area contributed by atoms with Crippen molar-refractivity contribution in [3.05, 3.63) is 34.3 Å². The van der Waals surface area contributed by atoms with Crippen LogP contribution in [0.2, 0.25) is 5.02 Å². The summed E-state index contributed by atoms with van der Waals surface area (Å²) in [6, 6.07) is 7.09. The largest absolute Gasteiger partial charge is 0.309 e. The number of hydrogen-bond acceptors (Lipinski definition) is 2. The highest BCUT2D eigenvalue weighted by molar-refractivity contribution is 6.31. The predicted octanol–water partition coefficient (Wildman–Crippen LogP) is 1.78. The highest BCUT2D eigenvalue weighted by atomic mass is 35.5. The average molecular weight is 205 g/mol. The minimum atomic E-state index is 0.521. The molecular weight excluding hydrogens is 196 g/mol. The fraction of sp³-hybridized carbons (Fsp3) is 0.182. The Morgan fingerprint density at radius 1 is 1.50 bits per heavy atom. The van der Waals surface area contributed by atoms with Gasteiger partial charge >= 0.3 is 0 Å². The molecule has 1 aromatic carbocycles. The topological polar surface area (TPSA) is 35.8 Å². The Bertz CT molecular complexity index is 421. The normalized spacial score (nSPS) is 8.64. The quantitative estimate of drug-likeness (QED) is 0.708. The van der Waals surface area contributed by atoms with E-state index in [2.05, 4.69) is 17.2 Å². The minimum Gasteiger partial charge on any atom is -0.309 e. The summed E-state index contributed by atoms with van der Waals surface area (Å²) >= 11 is 5.91. The Morgan fingerprint density at radius 2 is 2.29 bits per heavy atom. The molecule has 0 aromatic heterocycles. The Hall–Kier alpha value is -1.48. The molecular formula is C11H9ClN2. The van der Waals surface area contributed by atoms with Crippen LogP contribution < -0.4 is 5.32 Å². The van der Waals surface area contributed by atoms with Crippen LogP contribution in [-0.4, -0.2) is 13.6 Å². The number of nitrogens with zero attached hydrogens (tertiary/aromatic N) is 1. The lowest BCUT2D eigenvalue weighted by Gasteiger charge is -1.95. The fourth-order valence-electron chi connectivity index (χ4n) is 0.914. The van der Waals surface area contributed by atoms with Crippen LogP contribution in [0.25, 0.3) is 0 Å². The van der Waals surface area contributed by atoms with Gasteiger partial charge in [0.25, 0.3) is 0 Å². The van der Waals surface area contributed by atoms with Gasteiger partial charge in [-0.2, -0.15) is 5.26 Å². The molecule has 0 aliphatic heterocycles. The van der Waals surface area contributed by atoms with Crippen molar-refractivity contribution in [2.24, 2.45) is 0 Å². The van der Waals surface area contributed by atoms with Gasteiger partial charge in [0.05, 0.1) is 23.2 Å². The van der Waals surface area contributed by atoms with Gasteiger partial charge in [0.2, 0.25) is 0 Å². The maximum Gasteiger partial charge on any atom is 0.0992 e. The molecule has 3 heteroatoms. The van der Waals surface area contributed by atoms with Crippen molar-refractivity contribution in [3.63, 3.8) is 0 Å². The van der Waals surface area contributed by atoms with E-state index >= 15 is 0 Å². The summed E-state index contributed by atoms with van der Waals surface area (Å²) in [5.74, 6) is 5.81. The highest BCUT2D eigenvalue weighted by Crippen LogP contribution is 2.16. The summed E-state index contributed by atoms with van der Waals surface area (Å²) in [7, 11) is 1.83. The van der Waals surface area contributed by atoms with E-state index in [4.69, 9.17) is 16.9 Å². The van der Waals surface area contributed by atoms with Gasteiger partial charge in [0, 0.05) is 5.56 Å². The van der Waals surface area contributed by atoms with E-state index in [1.165, 1.54) is 0 Å². The van der Waals surface area contributed by atoms with Gasteiger partial charge in [0.1, 0.15) is 0 Å². The first kappa shape index (κ1) is 10.6. The van der Waals surface area contributed by atoms with E-state index in [9.17, 15) is 0 Å². The van der Waals surface area contributed by atoms with Crippen LogP contribution in [0.3, 0.4) is 0 Å². The van der Waals surface area contributed by atoms with Gasteiger partial charge in [0.15, 0.2) is 0 Å². The summed E-state index contributed by atoms with van der Waals surface area (Å²) in [5, 5.41) is 12.0. The zero-order valence-electron chi connectivity index (χ0n) is 7.76. The second kappa shape index (κ2) is 5.29. The van der Waals surface area contributed by atoms with E-state index in [1.54, 1.807) is 18.2 Å². The molecule has 2 nitrogen and oxygen atoms in total. The molecule has 0 fully saturated rings. The van der Waals surface area contributed by atoms with Crippen LogP contribution in [0.1, 0.15) is 11.1 Å². The molecule has 0 radical (unpaired) electrons. The molecule has 0 spiro atoms. The lowest BCUT2D eigenvalue weighted by molar-refractivity contribution is 0.938. The van der Waals surface area contributed by atoms with Crippen molar-refractivity contribution < 1.29 is 0 Å².